The van der Waals surface area contributed by atoms with E-state index in [9.17, 15) is 9.59 Å². The first-order valence-electron chi connectivity index (χ1n) is 8.01. The van der Waals surface area contributed by atoms with Gasteiger partial charge in [-0.25, -0.2) is 4.79 Å². The van der Waals surface area contributed by atoms with Crippen LogP contribution in [0, 0.1) is 5.41 Å². The Balaban J connectivity index is 2.24. The lowest BCUT2D eigenvalue weighted by atomic mass is 9.70. The van der Waals surface area contributed by atoms with Gasteiger partial charge in [0.2, 0.25) is 5.88 Å². The van der Waals surface area contributed by atoms with E-state index in [0.717, 1.165) is 0 Å². The van der Waals surface area contributed by atoms with E-state index >= 15 is 0 Å². The van der Waals surface area contributed by atoms with Crippen LogP contribution in [-0.2, 0) is 19.1 Å². The van der Waals surface area contributed by atoms with Crippen LogP contribution in [0.2, 0.25) is 5.02 Å². The smallest absolute Gasteiger partial charge is 0.340 e. The largest absolute Gasteiger partial charge is 0.465 e. The summed E-state index contributed by atoms with van der Waals surface area (Å²) < 4.78 is 10.6. The second-order valence-electron chi connectivity index (χ2n) is 7.10. The molecule has 6 heteroatoms. The van der Waals surface area contributed by atoms with Crippen LogP contribution in [0.4, 0.5) is 0 Å². The van der Waals surface area contributed by atoms with Crippen molar-refractivity contribution < 1.29 is 19.1 Å². The molecule has 0 spiro atoms. The van der Waals surface area contributed by atoms with E-state index < -0.39 is 11.9 Å². The van der Waals surface area contributed by atoms with Gasteiger partial charge in [0.05, 0.1) is 13.0 Å². The Morgan fingerprint density at radius 3 is 2.64 bits per heavy atom. The molecule has 3 rings (SSSR count). The van der Waals surface area contributed by atoms with Crippen molar-refractivity contribution in [2.24, 2.45) is 11.1 Å². The number of halogens is 1. The number of rotatable bonds is 2. The Labute approximate surface area is 151 Å². The molecule has 0 radical (unpaired) electrons. The highest BCUT2D eigenvalue weighted by atomic mass is 35.5. The Bertz CT molecular complexity index is 822. The zero-order valence-electron chi connectivity index (χ0n) is 14.4. The van der Waals surface area contributed by atoms with Crippen molar-refractivity contribution in [3.63, 3.8) is 0 Å². The first kappa shape index (κ1) is 17.5. The summed E-state index contributed by atoms with van der Waals surface area (Å²) in [5.41, 5.74) is 7.01. The molecule has 0 aromatic heterocycles. The molecule has 2 N–H and O–H groups in total. The van der Waals surface area contributed by atoms with Crippen LogP contribution < -0.4 is 5.73 Å². The fraction of sp³-hybridized carbons (Fsp3) is 0.368. The molecule has 2 aliphatic rings. The summed E-state index contributed by atoms with van der Waals surface area (Å²) >= 11 is 6.36. The summed E-state index contributed by atoms with van der Waals surface area (Å²) in [5.74, 6) is -0.914. The highest BCUT2D eigenvalue weighted by Crippen LogP contribution is 2.49. The minimum Gasteiger partial charge on any atom is -0.465 e. The number of esters is 1. The Hall–Kier alpha value is -2.27. The van der Waals surface area contributed by atoms with Crippen molar-refractivity contribution in [2.75, 3.05) is 7.11 Å². The molecule has 25 heavy (non-hydrogen) atoms. The molecule has 132 valence electrons. The van der Waals surface area contributed by atoms with Crippen LogP contribution in [-0.4, -0.2) is 18.9 Å². The van der Waals surface area contributed by atoms with Gasteiger partial charge in [0.1, 0.15) is 11.3 Å². The van der Waals surface area contributed by atoms with E-state index in [1.54, 1.807) is 24.3 Å². The minimum atomic E-state index is -0.687. The summed E-state index contributed by atoms with van der Waals surface area (Å²) in [6.07, 6.45) is 0.925. The number of ketones is 1. The summed E-state index contributed by atoms with van der Waals surface area (Å²) in [4.78, 5) is 25.3. The number of hydrogen-bond acceptors (Lipinski definition) is 5. The number of methoxy groups -OCH3 is 1. The molecule has 0 bridgehead atoms. The summed E-state index contributed by atoms with van der Waals surface area (Å²) in [6, 6.07) is 7.09. The second-order valence-corrected chi connectivity index (χ2v) is 7.51. The average molecular weight is 362 g/mol. The maximum Gasteiger partial charge on any atom is 0.340 e. The SMILES string of the molecule is COC(=O)C1=C(N)OC2=C(C(=O)CC(C)(C)C2)[C@H]1c1ccccc1Cl. The summed E-state index contributed by atoms with van der Waals surface area (Å²) in [6.45, 7) is 4.00. The molecule has 1 aromatic rings. The Kier molecular flexibility index (Phi) is 4.37. The third-order valence-corrected chi connectivity index (χ3v) is 4.92. The van der Waals surface area contributed by atoms with E-state index in [2.05, 4.69) is 0 Å². The van der Waals surface area contributed by atoms with Gasteiger partial charge in [-0.1, -0.05) is 43.6 Å². The third kappa shape index (κ3) is 3.04. The normalized spacial score (nSPS) is 22.4. The molecule has 0 saturated heterocycles. The maximum atomic E-state index is 12.9. The lowest BCUT2D eigenvalue weighted by Crippen LogP contribution is -2.35. The van der Waals surface area contributed by atoms with Crippen LogP contribution in [0.25, 0.3) is 0 Å². The first-order chi connectivity index (χ1) is 11.7. The van der Waals surface area contributed by atoms with E-state index in [-0.39, 0.29) is 22.7 Å². The monoisotopic (exact) mass is 361 g/mol. The minimum absolute atomic E-state index is 0.0407. The number of hydrogen-bond donors (Lipinski definition) is 1. The van der Waals surface area contributed by atoms with Gasteiger partial charge in [-0.2, -0.15) is 0 Å². The summed E-state index contributed by atoms with van der Waals surface area (Å²) in [5, 5.41) is 0.452. The van der Waals surface area contributed by atoms with Crippen LogP contribution in [0.3, 0.4) is 0 Å². The Morgan fingerprint density at radius 2 is 2.00 bits per heavy atom. The van der Waals surface area contributed by atoms with Crippen molar-refractivity contribution in [1.29, 1.82) is 0 Å². The van der Waals surface area contributed by atoms with E-state index in [0.29, 0.717) is 34.8 Å². The molecule has 1 aliphatic heterocycles. The van der Waals surface area contributed by atoms with E-state index in [1.165, 1.54) is 7.11 Å². The van der Waals surface area contributed by atoms with E-state index in [1.807, 2.05) is 13.8 Å². The molecule has 0 unspecified atom stereocenters. The number of allylic oxidation sites excluding steroid dienone is 2. The molecule has 0 fully saturated rings. The van der Waals surface area contributed by atoms with Crippen LogP contribution in [0.5, 0.6) is 0 Å². The van der Waals surface area contributed by atoms with Gasteiger partial charge in [0, 0.05) is 23.4 Å². The molecular weight excluding hydrogens is 342 g/mol. The predicted molar refractivity (Wildman–Crippen MR) is 93.6 cm³/mol. The third-order valence-electron chi connectivity index (χ3n) is 4.58. The van der Waals surface area contributed by atoms with Gasteiger partial charge in [-0.3, -0.25) is 4.79 Å². The lowest BCUT2D eigenvalue weighted by molar-refractivity contribution is -0.136. The van der Waals surface area contributed by atoms with Crippen LogP contribution in [0.1, 0.15) is 38.2 Å². The fourth-order valence-corrected chi connectivity index (χ4v) is 3.76. The number of nitrogens with two attached hydrogens (primary N) is 1. The van der Waals surface area contributed by atoms with Gasteiger partial charge in [0.15, 0.2) is 5.78 Å². The lowest BCUT2D eigenvalue weighted by Gasteiger charge is -2.38. The number of ether oxygens (including phenoxy) is 2. The average Bonchev–Trinajstić information content (AvgIpc) is 2.52. The summed E-state index contributed by atoms with van der Waals surface area (Å²) in [7, 11) is 1.27. The molecule has 1 atom stereocenters. The van der Waals surface area contributed by atoms with Gasteiger partial charge < -0.3 is 15.2 Å². The highest BCUT2D eigenvalue weighted by molar-refractivity contribution is 6.31. The molecule has 1 aliphatic carbocycles. The van der Waals surface area contributed by atoms with Crippen LogP contribution in [0.15, 0.2) is 47.1 Å². The zero-order valence-corrected chi connectivity index (χ0v) is 15.1. The highest BCUT2D eigenvalue weighted by Gasteiger charge is 2.45. The number of carbonyl (C=O) groups excluding carboxylic acids is 2. The first-order valence-corrected chi connectivity index (χ1v) is 8.39. The number of carbonyl (C=O) groups is 2. The van der Waals surface area contributed by atoms with Crippen molar-refractivity contribution in [3.05, 3.63) is 57.6 Å². The van der Waals surface area contributed by atoms with Gasteiger partial charge in [-0.05, 0) is 17.0 Å². The quantitative estimate of drug-likeness (QED) is 0.816. The Morgan fingerprint density at radius 1 is 1.32 bits per heavy atom. The molecule has 1 heterocycles. The number of Topliss-reactive ketones (excluding diaryl/α,β-unsaturated/α-hetero) is 1. The van der Waals surface area contributed by atoms with Crippen molar-refractivity contribution in [3.8, 4) is 0 Å². The van der Waals surface area contributed by atoms with Gasteiger partial charge in [0.25, 0.3) is 0 Å². The molecule has 0 saturated carbocycles. The van der Waals surface area contributed by atoms with Crippen molar-refractivity contribution in [1.82, 2.24) is 0 Å². The number of benzene rings is 1. The van der Waals surface area contributed by atoms with Gasteiger partial charge in [-0.15, -0.1) is 0 Å². The topological polar surface area (TPSA) is 78.6 Å². The molecule has 0 amide bonds. The molecule has 1 aromatic carbocycles. The standard InChI is InChI=1S/C19H20ClNO4/c1-19(2)8-12(22)15-13(9-19)25-17(21)16(18(23)24-3)14(15)10-6-4-5-7-11(10)20/h4-7,14H,8-9,21H2,1-3H3/t14-/m1/s1. The van der Waals surface area contributed by atoms with E-state index in [4.69, 9.17) is 26.8 Å². The second kappa shape index (κ2) is 6.23. The molecular formula is C19H20ClNO4. The van der Waals surface area contributed by atoms with Crippen molar-refractivity contribution >= 4 is 23.4 Å². The molecule has 5 nitrogen and oxygen atoms in total. The zero-order chi connectivity index (χ0) is 18.4. The maximum absolute atomic E-state index is 12.9. The van der Waals surface area contributed by atoms with Gasteiger partial charge >= 0.3 is 5.97 Å². The fourth-order valence-electron chi connectivity index (χ4n) is 3.51. The van der Waals surface area contributed by atoms with Crippen molar-refractivity contribution in [2.45, 2.75) is 32.6 Å². The van der Waals surface area contributed by atoms with Crippen LogP contribution >= 0.6 is 11.6 Å². The predicted octanol–water partition coefficient (Wildman–Crippen LogP) is 3.44.